The lowest BCUT2D eigenvalue weighted by molar-refractivity contribution is 0.189. The van der Waals surface area contributed by atoms with E-state index >= 15 is 0 Å². The third-order valence-electron chi connectivity index (χ3n) is 8.16. The van der Waals surface area contributed by atoms with Crippen LogP contribution in [0.4, 0.5) is 5.69 Å². The molecule has 0 fully saturated rings. The standard InChI is InChI=1S/C27H40N2/c1-8-10-13-22-19(3)23-17-21(27(6,7)26(4,5)9-2)14-15-24(23)29-25(22)20-12-11-16-28-18-20/h11-12,14-19,22,25,29H,8-10,13H2,1-7H3. The number of benzene rings is 1. The van der Waals surface area contributed by atoms with Crippen molar-refractivity contribution in [2.24, 2.45) is 11.3 Å². The molecule has 0 saturated heterocycles. The monoisotopic (exact) mass is 392 g/mol. The van der Waals surface area contributed by atoms with E-state index in [-0.39, 0.29) is 10.8 Å². The highest BCUT2D eigenvalue weighted by atomic mass is 15.0. The summed E-state index contributed by atoms with van der Waals surface area (Å²) in [4.78, 5) is 4.40. The number of fused-ring (bicyclic) bond motifs is 1. The summed E-state index contributed by atoms with van der Waals surface area (Å²) in [5, 5.41) is 3.89. The third-order valence-corrected chi connectivity index (χ3v) is 8.16. The predicted molar refractivity (Wildman–Crippen MR) is 126 cm³/mol. The van der Waals surface area contributed by atoms with Gasteiger partial charge in [0.1, 0.15) is 0 Å². The Morgan fingerprint density at radius 1 is 1.07 bits per heavy atom. The van der Waals surface area contributed by atoms with E-state index in [0.29, 0.717) is 17.9 Å². The summed E-state index contributed by atoms with van der Waals surface area (Å²) < 4.78 is 0. The Kier molecular flexibility index (Phi) is 6.41. The molecule has 0 radical (unpaired) electrons. The number of aromatic nitrogens is 1. The van der Waals surface area contributed by atoms with Crippen LogP contribution in [-0.2, 0) is 5.41 Å². The molecule has 29 heavy (non-hydrogen) atoms. The highest BCUT2D eigenvalue weighted by Crippen LogP contribution is 2.49. The Bertz CT molecular complexity index is 807. The van der Waals surface area contributed by atoms with Crippen molar-refractivity contribution >= 4 is 5.69 Å². The second kappa shape index (κ2) is 8.50. The van der Waals surface area contributed by atoms with Crippen molar-refractivity contribution in [1.82, 2.24) is 4.98 Å². The number of rotatable bonds is 7. The van der Waals surface area contributed by atoms with Crippen LogP contribution in [0.2, 0.25) is 0 Å². The molecule has 3 unspecified atom stereocenters. The Morgan fingerprint density at radius 3 is 2.45 bits per heavy atom. The molecule has 3 rings (SSSR count). The first kappa shape index (κ1) is 21.9. The fourth-order valence-corrected chi connectivity index (χ4v) is 4.83. The first-order valence-electron chi connectivity index (χ1n) is 11.5. The summed E-state index contributed by atoms with van der Waals surface area (Å²) in [6.07, 6.45) is 8.85. The summed E-state index contributed by atoms with van der Waals surface area (Å²) in [5.41, 5.74) is 5.95. The van der Waals surface area contributed by atoms with Crippen LogP contribution in [0.25, 0.3) is 0 Å². The summed E-state index contributed by atoms with van der Waals surface area (Å²) in [5.74, 6) is 1.12. The van der Waals surface area contributed by atoms with Crippen LogP contribution in [0.15, 0.2) is 42.7 Å². The van der Waals surface area contributed by atoms with Gasteiger partial charge in [0.2, 0.25) is 0 Å². The molecule has 0 amide bonds. The molecule has 1 aliphatic rings. The van der Waals surface area contributed by atoms with Gasteiger partial charge in [0.05, 0.1) is 6.04 Å². The van der Waals surface area contributed by atoms with Gasteiger partial charge >= 0.3 is 0 Å². The molecule has 2 nitrogen and oxygen atoms in total. The first-order chi connectivity index (χ1) is 13.7. The van der Waals surface area contributed by atoms with Gasteiger partial charge in [0, 0.05) is 18.1 Å². The molecule has 1 aliphatic heterocycles. The molecule has 3 atom stereocenters. The molecular formula is C27H40N2. The normalized spacial score (nSPS) is 22.1. The number of hydrogen-bond donors (Lipinski definition) is 1. The van der Waals surface area contributed by atoms with Crippen LogP contribution in [0.5, 0.6) is 0 Å². The second-order valence-corrected chi connectivity index (χ2v) is 10.2. The second-order valence-electron chi connectivity index (χ2n) is 10.2. The van der Waals surface area contributed by atoms with Crippen LogP contribution in [0, 0.1) is 11.3 Å². The van der Waals surface area contributed by atoms with E-state index in [9.17, 15) is 0 Å². The fraction of sp³-hybridized carbons (Fsp3) is 0.593. The van der Waals surface area contributed by atoms with Gasteiger partial charge in [-0.2, -0.15) is 0 Å². The topological polar surface area (TPSA) is 24.9 Å². The average Bonchev–Trinajstić information content (AvgIpc) is 2.73. The number of nitrogens with zero attached hydrogens (tertiary/aromatic N) is 1. The maximum Gasteiger partial charge on any atom is 0.0563 e. The highest BCUT2D eigenvalue weighted by molar-refractivity contribution is 5.59. The number of nitrogens with one attached hydrogen (secondary N) is 1. The summed E-state index contributed by atoms with van der Waals surface area (Å²) in [6, 6.07) is 11.8. The van der Waals surface area contributed by atoms with Gasteiger partial charge in [-0.1, -0.05) is 85.9 Å². The van der Waals surface area contributed by atoms with Gasteiger partial charge in [-0.25, -0.2) is 0 Å². The first-order valence-corrected chi connectivity index (χ1v) is 11.5. The number of pyridine rings is 1. The van der Waals surface area contributed by atoms with Crippen molar-refractivity contribution in [2.45, 2.75) is 91.5 Å². The summed E-state index contributed by atoms with van der Waals surface area (Å²) in [6.45, 7) is 16.7. The van der Waals surface area contributed by atoms with Crippen molar-refractivity contribution in [2.75, 3.05) is 5.32 Å². The molecule has 2 heteroatoms. The zero-order chi connectivity index (χ0) is 21.2. The van der Waals surface area contributed by atoms with Crippen LogP contribution < -0.4 is 5.32 Å². The van der Waals surface area contributed by atoms with E-state index in [1.165, 1.54) is 48.1 Å². The SMILES string of the molecule is CCCCC1C(C)c2cc(C(C)(C)C(C)(C)CC)ccc2NC1c1cccnc1. The Labute approximate surface area is 178 Å². The van der Waals surface area contributed by atoms with Gasteiger partial charge in [-0.05, 0) is 57.9 Å². The third kappa shape index (κ3) is 4.09. The van der Waals surface area contributed by atoms with Crippen molar-refractivity contribution < 1.29 is 0 Å². The quantitative estimate of drug-likeness (QED) is 0.518. The van der Waals surface area contributed by atoms with E-state index in [2.05, 4.69) is 89.1 Å². The van der Waals surface area contributed by atoms with E-state index in [1.54, 1.807) is 0 Å². The molecule has 0 bridgehead atoms. The van der Waals surface area contributed by atoms with E-state index in [0.717, 1.165) is 0 Å². The molecule has 158 valence electrons. The minimum Gasteiger partial charge on any atom is -0.378 e. The average molecular weight is 393 g/mol. The van der Waals surface area contributed by atoms with Crippen LogP contribution in [0.3, 0.4) is 0 Å². The van der Waals surface area contributed by atoms with Crippen LogP contribution in [-0.4, -0.2) is 4.98 Å². The zero-order valence-corrected chi connectivity index (χ0v) is 19.5. The summed E-state index contributed by atoms with van der Waals surface area (Å²) in [7, 11) is 0. The minimum absolute atomic E-state index is 0.135. The number of anilines is 1. The predicted octanol–water partition coefficient (Wildman–Crippen LogP) is 7.87. The van der Waals surface area contributed by atoms with E-state index < -0.39 is 0 Å². The molecule has 1 N–H and O–H groups in total. The van der Waals surface area contributed by atoms with Crippen molar-refractivity contribution in [3.63, 3.8) is 0 Å². The lowest BCUT2D eigenvalue weighted by Gasteiger charge is -2.44. The summed E-state index contributed by atoms with van der Waals surface area (Å²) >= 11 is 0. The maximum atomic E-state index is 4.40. The molecule has 1 aromatic carbocycles. The van der Waals surface area contributed by atoms with Crippen LogP contribution >= 0.6 is 0 Å². The lowest BCUT2D eigenvalue weighted by Crippen LogP contribution is -2.37. The maximum absolute atomic E-state index is 4.40. The van der Waals surface area contributed by atoms with Crippen LogP contribution in [0.1, 0.15) is 103 Å². The van der Waals surface area contributed by atoms with Crippen molar-refractivity contribution in [1.29, 1.82) is 0 Å². The Hall–Kier alpha value is -1.83. The largest absolute Gasteiger partial charge is 0.378 e. The molecule has 2 aromatic rings. The molecule has 2 heterocycles. The molecule has 0 spiro atoms. The van der Waals surface area contributed by atoms with Gasteiger partial charge in [0.15, 0.2) is 0 Å². The molecule has 0 saturated carbocycles. The minimum atomic E-state index is 0.135. The van der Waals surface area contributed by atoms with E-state index in [4.69, 9.17) is 0 Å². The lowest BCUT2D eigenvalue weighted by atomic mass is 9.62. The number of hydrogen-bond acceptors (Lipinski definition) is 2. The van der Waals surface area contributed by atoms with Crippen molar-refractivity contribution in [3.05, 3.63) is 59.4 Å². The van der Waals surface area contributed by atoms with Gasteiger partial charge < -0.3 is 5.32 Å². The smallest absolute Gasteiger partial charge is 0.0563 e. The zero-order valence-electron chi connectivity index (χ0n) is 19.5. The van der Waals surface area contributed by atoms with E-state index in [1.807, 2.05) is 12.4 Å². The number of unbranched alkanes of at least 4 members (excludes halogenated alkanes) is 1. The van der Waals surface area contributed by atoms with Gasteiger partial charge in [-0.15, -0.1) is 0 Å². The molecule has 0 aliphatic carbocycles. The molecule has 1 aromatic heterocycles. The van der Waals surface area contributed by atoms with Gasteiger partial charge in [-0.3, -0.25) is 4.98 Å². The van der Waals surface area contributed by atoms with Gasteiger partial charge in [0.25, 0.3) is 0 Å². The van der Waals surface area contributed by atoms with Crippen molar-refractivity contribution in [3.8, 4) is 0 Å². The molecular weight excluding hydrogens is 352 g/mol. The fourth-order valence-electron chi connectivity index (χ4n) is 4.83. The highest BCUT2D eigenvalue weighted by Gasteiger charge is 2.39. The Morgan fingerprint density at radius 2 is 1.83 bits per heavy atom. The Balaban J connectivity index is 2.02.